The van der Waals surface area contributed by atoms with E-state index in [0.717, 1.165) is 85.5 Å². The maximum atomic E-state index is 10.1. The molecule has 2 heterocycles. The van der Waals surface area contributed by atoms with Crippen LogP contribution in [0.15, 0.2) is 105 Å². The number of aliphatic carboxylic acids is 1. The fourth-order valence-electron chi connectivity index (χ4n) is 3.45. The van der Waals surface area contributed by atoms with Crippen LogP contribution in [0.1, 0.15) is 43.7 Å². The molecule has 0 fully saturated rings. The summed E-state index contributed by atoms with van der Waals surface area (Å²) in [5.74, 6) is 6.30. The fourth-order valence-corrected chi connectivity index (χ4v) is 3.45. The minimum atomic E-state index is -0.965. The average Bonchev–Trinajstić information content (AvgIpc) is 3.82. The summed E-state index contributed by atoms with van der Waals surface area (Å²) in [6.07, 6.45) is 10.1. The number of amides is 2. The van der Waals surface area contributed by atoms with Gasteiger partial charge in [-0.3, -0.25) is 30.0 Å². The van der Waals surface area contributed by atoms with Crippen LogP contribution in [0.3, 0.4) is 0 Å². The van der Waals surface area contributed by atoms with Crippen LogP contribution >= 0.6 is 37.2 Å². The van der Waals surface area contributed by atoms with Crippen LogP contribution in [0, 0.1) is 0 Å². The fraction of sp³-hybridized carbons (Fsp3) is 0.200. The van der Waals surface area contributed by atoms with Gasteiger partial charge in [-0.15, -0.1) is 0 Å². The first-order valence-corrected chi connectivity index (χ1v) is 19.6. The Labute approximate surface area is 296 Å². The molecule has 3 aliphatic rings. The number of nitrogens with zero attached hydrogens (tertiary/aromatic N) is 4. The number of nitrogens with one attached hydrogen (secondary N) is 2. The molecule has 0 saturated heterocycles. The molecule has 47 heavy (non-hydrogen) atoms. The van der Waals surface area contributed by atoms with Gasteiger partial charge in [0.25, 0.3) is 5.97 Å². The minimum absolute atomic E-state index is 0. The number of carbonyl (C=O) groups is 4. The Balaban J connectivity index is 0. The summed E-state index contributed by atoms with van der Waals surface area (Å²) in [7, 11) is 1.00. The molecule has 254 valence electrons. The summed E-state index contributed by atoms with van der Waals surface area (Å²) < 4.78 is 0. The van der Waals surface area contributed by atoms with Crippen LogP contribution in [0.5, 0.6) is 0 Å². The highest BCUT2D eigenvalue weighted by Gasteiger charge is 2.23. The van der Waals surface area contributed by atoms with E-state index in [2.05, 4.69) is 99.7 Å². The molecule has 5 rings (SSSR count). The first kappa shape index (κ1) is 45.1. The summed E-state index contributed by atoms with van der Waals surface area (Å²) in [5.41, 5.74) is 10.1. The Morgan fingerprint density at radius 2 is 1.13 bits per heavy atom. The third kappa shape index (κ3) is 18.7. The lowest BCUT2D eigenvalue weighted by atomic mass is 9.99. The number of nitrogens with two attached hydrogens (primary N) is 2. The van der Waals surface area contributed by atoms with Gasteiger partial charge >= 0.3 is 11.8 Å². The number of benzene rings is 2. The number of hydrogen-bond acceptors (Lipinski definition) is 12. The molecule has 0 radical (unpaired) electrons. The lowest BCUT2D eigenvalue weighted by molar-refractivity contribution is -0.139. The van der Waals surface area contributed by atoms with Crippen molar-refractivity contribution in [3.8, 4) is 0 Å². The number of allylic oxidation sites excluding steroid dienone is 4. The average molecular weight is 876 g/mol. The van der Waals surface area contributed by atoms with E-state index in [1.165, 1.54) is 0 Å². The van der Waals surface area contributed by atoms with Gasteiger partial charge in [0.1, 0.15) is 6.29 Å². The molecule has 0 saturated carbocycles. The van der Waals surface area contributed by atoms with E-state index in [0.29, 0.717) is 0 Å². The summed E-state index contributed by atoms with van der Waals surface area (Å²) in [6.45, 7) is 1.08. The van der Waals surface area contributed by atoms with Crippen molar-refractivity contribution >= 4 is 84.1 Å². The Morgan fingerprint density at radius 3 is 1.40 bits per heavy atom. The second-order valence-electron chi connectivity index (χ2n) is 8.56. The van der Waals surface area contributed by atoms with Gasteiger partial charge in [-0.1, -0.05) is 78.9 Å². The topological polar surface area (TPSA) is 269 Å². The molecule has 0 unspecified atom stereocenters. The molecule has 0 spiro atoms. The van der Waals surface area contributed by atoms with Gasteiger partial charge in [-0.2, -0.15) is 20.4 Å². The van der Waals surface area contributed by atoms with Crippen molar-refractivity contribution in [1.29, 1.82) is 0 Å². The normalized spacial score (nSPS) is 13.0. The molecule has 1 aliphatic carbocycles. The predicted octanol–water partition coefficient (Wildman–Crippen LogP) is 3.55. The van der Waals surface area contributed by atoms with Crippen molar-refractivity contribution in [3.63, 3.8) is 0 Å². The SMILES string of the molecule is CC(=O)O.CO.II.N.NNC(=O)C(=O)NN.O=CC1=CC=CCC1.c1ccc(C2=NN=C(C3=NN=C(c4ccccc4)C3)C2)cc1. The molecular formula is C30H39I2N9O6. The number of carboxylic acid groups (broad SMARTS) is 1. The highest BCUT2D eigenvalue weighted by Crippen LogP contribution is 2.18. The first-order chi connectivity index (χ1) is 22.3. The number of carbonyl (C=O) groups excluding carboxylic acids is 3. The van der Waals surface area contributed by atoms with E-state index in [9.17, 15) is 14.4 Å². The summed E-state index contributed by atoms with van der Waals surface area (Å²) in [4.78, 5) is 39.1. The molecule has 0 bridgehead atoms. The number of aliphatic hydroxyl groups is 1. The van der Waals surface area contributed by atoms with Gasteiger partial charge in [-0.25, -0.2) is 11.7 Å². The zero-order valence-electron chi connectivity index (χ0n) is 25.8. The first-order valence-electron chi connectivity index (χ1n) is 13.3. The van der Waals surface area contributed by atoms with Crippen molar-refractivity contribution in [2.24, 2.45) is 32.1 Å². The number of halogens is 2. The molecular weight excluding hydrogens is 836 g/mol. The molecule has 2 amide bonds. The summed E-state index contributed by atoms with van der Waals surface area (Å²) in [5, 5.41) is 31.6. The maximum absolute atomic E-state index is 10.1. The van der Waals surface area contributed by atoms with Crippen molar-refractivity contribution in [2.75, 3.05) is 7.11 Å². The minimum Gasteiger partial charge on any atom is -0.481 e. The molecule has 0 aromatic heterocycles. The zero-order chi connectivity index (χ0) is 34.7. The zero-order valence-corrected chi connectivity index (χ0v) is 30.2. The number of rotatable bonds is 4. The number of hydrogen-bond donors (Lipinski definition) is 7. The van der Waals surface area contributed by atoms with Crippen LogP contribution in [-0.2, 0) is 19.2 Å². The monoisotopic (exact) mass is 875 g/mol. The second kappa shape index (κ2) is 28.2. The van der Waals surface area contributed by atoms with Gasteiger partial charge in [0, 0.05) is 64.1 Å². The third-order valence-corrected chi connectivity index (χ3v) is 5.47. The van der Waals surface area contributed by atoms with E-state index >= 15 is 0 Å². The van der Waals surface area contributed by atoms with Crippen LogP contribution in [0.25, 0.3) is 0 Å². The highest BCUT2D eigenvalue weighted by molar-refractivity contribution is 15.0. The van der Waals surface area contributed by atoms with E-state index in [1.807, 2.05) is 48.6 Å². The van der Waals surface area contributed by atoms with E-state index in [4.69, 9.17) is 15.0 Å². The lowest BCUT2D eigenvalue weighted by Crippen LogP contribution is -2.45. The molecule has 2 aliphatic heterocycles. The smallest absolute Gasteiger partial charge is 0.324 e. The van der Waals surface area contributed by atoms with Gasteiger partial charge in [0.15, 0.2) is 0 Å². The number of aliphatic hydroxyl groups excluding tert-OH is 1. The molecule has 0 atom stereocenters. The highest BCUT2D eigenvalue weighted by atomic mass is 128. The Bertz CT molecular complexity index is 1360. The van der Waals surface area contributed by atoms with Crippen LogP contribution in [-0.4, -0.2) is 64.2 Å². The lowest BCUT2D eigenvalue weighted by Gasteiger charge is -2.02. The summed E-state index contributed by atoms with van der Waals surface area (Å²) >= 11 is 4.24. The van der Waals surface area contributed by atoms with Crippen LogP contribution < -0.4 is 28.7 Å². The Kier molecular flexibility index (Phi) is 27.1. The van der Waals surface area contributed by atoms with Gasteiger partial charge < -0.3 is 16.4 Å². The van der Waals surface area contributed by atoms with Crippen LogP contribution in [0.4, 0.5) is 0 Å². The Morgan fingerprint density at radius 1 is 0.766 bits per heavy atom. The molecule has 2 aromatic carbocycles. The number of carboxylic acids is 1. The second-order valence-corrected chi connectivity index (χ2v) is 8.56. The largest absolute Gasteiger partial charge is 0.481 e. The van der Waals surface area contributed by atoms with Gasteiger partial charge in [0.2, 0.25) is 0 Å². The third-order valence-electron chi connectivity index (χ3n) is 5.47. The molecule has 2 aromatic rings. The molecule has 15 nitrogen and oxygen atoms in total. The quantitative estimate of drug-likeness (QED) is 0.0591. The van der Waals surface area contributed by atoms with Crippen LogP contribution in [0.2, 0.25) is 0 Å². The molecule has 17 heteroatoms. The Hall–Kier alpha value is -4.02. The van der Waals surface area contributed by atoms with Crippen molar-refractivity contribution in [1.82, 2.24) is 17.0 Å². The van der Waals surface area contributed by atoms with E-state index in [-0.39, 0.29) is 6.15 Å². The van der Waals surface area contributed by atoms with E-state index in [1.54, 1.807) is 10.9 Å². The summed E-state index contributed by atoms with van der Waals surface area (Å²) in [6, 6.07) is 20.3. The number of aldehydes is 1. The predicted molar refractivity (Wildman–Crippen MR) is 202 cm³/mol. The van der Waals surface area contributed by atoms with Crippen molar-refractivity contribution in [3.05, 3.63) is 95.6 Å². The van der Waals surface area contributed by atoms with Gasteiger partial charge in [-0.05, 0) is 29.5 Å². The standard InChI is InChI=1S/C18H14N4.C7H8O.C2H6N4O2.C2H4O2.CH4O.I2.H3N/c1-3-7-13(8-4-1)15-11-17(21-19-15)18-12-16(20-22-18)14-9-5-2-6-10-14;8-6-7-4-2-1-3-5-7;3-5-1(7)2(8)6-4;1-2(3)4;2*1-2;/h1-10H,11-12H2;1-2,4,6H,3,5H2;3-4H2,(H,5,7)(H,6,8);1H3,(H,3,4);2H,1H3;;1H3. The molecule has 11 N–H and O–H groups in total. The number of hydrazine groups is 2. The van der Waals surface area contributed by atoms with Gasteiger partial charge in [0.05, 0.1) is 22.8 Å². The van der Waals surface area contributed by atoms with Crippen molar-refractivity contribution in [2.45, 2.75) is 32.6 Å². The van der Waals surface area contributed by atoms with E-state index < -0.39 is 17.8 Å². The van der Waals surface area contributed by atoms with Crippen molar-refractivity contribution < 1.29 is 29.4 Å². The maximum Gasteiger partial charge on any atom is 0.324 e.